The van der Waals surface area contributed by atoms with Gasteiger partial charge >= 0.3 is 0 Å². The number of amides is 1. The largest absolute Gasteiger partial charge is 0.337 e. The number of aromatic amines is 1. The maximum atomic E-state index is 13.0. The molecule has 0 bridgehead atoms. The van der Waals surface area contributed by atoms with E-state index >= 15 is 0 Å². The summed E-state index contributed by atoms with van der Waals surface area (Å²) in [7, 11) is -3.32. The van der Waals surface area contributed by atoms with Gasteiger partial charge in [0.2, 0.25) is 0 Å². The van der Waals surface area contributed by atoms with Crippen LogP contribution in [0.15, 0.2) is 4.21 Å². The Morgan fingerprint density at radius 1 is 1.26 bits per heavy atom. The highest BCUT2D eigenvalue weighted by Crippen LogP contribution is 2.33. The van der Waals surface area contributed by atoms with Gasteiger partial charge in [-0.25, -0.2) is 8.42 Å². The van der Waals surface area contributed by atoms with Crippen LogP contribution in [0.1, 0.15) is 59.5 Å². The van der Waals surface area contributed by atoms with Gasteiger partial charge in [-0.15, -0.1) is 5.10 Å². The molecule has 3 heterocycles. The molecule has 0 radical (unpaired) electrons. The summed E-state index contributed by atoms with van der Waals surface area (Å²) >= 11 is 0.927. The molecule has 1 fully saturated rings. The van der Waals surface area contributed by atoms with Gasteiger partial charge in [0, 0.05) is 48.1 Å². The average molecular weight is 410 g/mol. The minimum Gasteiger partial charge on any atom is -0.337 e. The molecule has 0 aromatic carbocycles. The number of nitrogens with one attached hydrogen (secondary N) is 1. The second-order valence-electron chi connectivity index (χ2n) is 7.66. The number of aromatic nitrogens is 4. The molecule has 1 aliphatic heterocycles. The van der Waals surface area contributed by atoms with Gasteiger partial charge in [-0.05, 0) is 38.0 Å². The van der Waals surface area contributed by atoms with Crippen molar-refractivity contribution >= 4 is 27.3 Å². The Labute approximate surface area is 162 Å². The van der Waals surface area contributed by atoms with Gasteiger partial charge in [-0.2, -0.15) is 5.10 Å². The summed E-state index contributed by atoms with van der Waals surface area (Å²) in [6.07, 6.45) is 5.52. The van der Waals surface area contributed by atoms with Crippen LogP contribution < -0.4 is 0 Å². The van der Waals surface area contributed by atoms with E-state index in [9.17, 15) is 13.2 Å². The third-order valence-corrected chi connectivity index (χ3v) is 8.13. The molecule has 0 spiro atoms. The number of hydrogen-bond acceptors (Lipinski definition) is 7. The number of likely N-dealkylation sites (tertiary alicyclic amines) is 1. The molecule has 2 aromatic heterocycles. The van der Waals surface area contributed by atoms with Gasteiger partial charge in [0.1, 0.15) is 0 Å². The summed E-state index contributed by atoms with van der Waals surface area (Å²) in [4.78, 5) is 14.8. The van der Waals surface area contributed by atoms with Gasteiger partial charge in [0.05, 0.1) is 5.69 Å². The Bertz CT molecular complexity index is 957. The zero-order chi connectivity index (χ0) is 19.2. The minimum atomic E-state index is -3.32. The molecule has 2 aliphatic rings. The van der Waals surface area contributed by atoms with Gasteiger partial charge in [-0.1, -0.05) is 11.4 Å². The standard InChI is InChI=1S/C17H23N5O3S2/c1-10-3-4-13-12(9-10)15(19-18-13)16(23)22-7-5-11(6-8-22)14-17(26-21-20-14)27(2,24)25/h10-11H,3-9H2,1-2H3,(H,18,19)/t10-/m0/s1. The molecule has 10 heteroatoms. The number of sulfone groups is 1. The number of piperidine rings is 1. The monoisotopic (exact) mass is 409 g/mol. The molecule has 1 aliphatic carbocycles. The van der Waals surface area contributed by atoms with Crippen LogP contribution in [0.2, 0.25) is 0 Å². The highest BCUT2D eigenvalue weighted by atomic mass is 32.2. The number of H-pyrrole nitrogens is 1. The van der Waals surface area contributed by atoms with E-state index in [1.807, 2.05) is 4.90 Å². The summed E-state index contributed by atoms with van der Waals surface area (Å²) in [6, 6.07) is 0. The number of rotatable bonds is 3. The van der Waals surface area contributed by atoms with Crippen molar-refractivity contribution in [3.05, 3.63) is 22.6 Å². The molecule has 1 atom stereocenters. The topological polar surface area (TPSA) is 109 Å². The lowest BCUT2D eigenvalue weighted by Crippen LogP contribution is -2.39. The van der Waals surface area contributed by atoms with E-state index in [1.54, 1.807) is 0 Å². The van der Waals surface area contributed by atoms with Crippen molar-refractivity contribution < 1.29 is 13.2 Å². The maximum Gasteiger partial charge on any atom is 0.274 e. The Morgan fingerprint density at radius 3 is 2.70 bits per heavy atom. The summed E-state index contributed by atoms with van der Waals surface area (Å²) in [6.45, 7) is 3.35. The number of carbonyl (C=O) groups is 1. The summed E-state index contributed by atoms with van der Waals surface area (Å²) in [5.74, 6) is 0.560. The van der Waals surface area contributed by atoms with E-state index in [0.717, 1.165) is 42.1 Å². The van der Waals surface area contributed by atoms with Crippen molar-refractivity contribution in [3.8, 4) is 0 Å². The van der Waals surface area contributed by atoms with E-state index in [2.05, 4.69) is 26.7 Å². The quantitative estimate of drug-likeness (QED) is 0.828. The molecule has 1 amide bonds. The van der Waals surface area contributed by atoms with Crippen LogP contribution in [0.3, 0.4) is 0 Å². The SMILES string of the molecule is C[C@H]1CCc2[nH]nc(C(=O)N3CCC(c4nnsc4S(C)(=O)=O)CC3)c2C1. The zero-order valence-electron chi connectivity index (χ0n) is 15.4. The third kappa shape index (κ3) is 3.52. The van der Waals surface area contributed by atoms with Crippen LogP contribution in [-0.2, 0) is 22.7 Å². The minimum absolute atomic E-state index is 0.0191. The number of hydrogen-bond donors (Lipinski definition) is 1. The Hall–Kier alpha value is -1.81. The molecule has 146 valence electrons. The van der Waals surface area contributed by atoms with Crippen LogP contribution in [0.4, 0.5) is 0 Å². The molecular weight excluding hydrogens is 386 g/mol. The Balaban J connectivity index is 1.47. The first kappa shape index (κ1) is 18.5. The summed E-state index contributed by atoms with van der Waals surface area (Å²) < 4.78 is 27.9. The van der Waals surface area contributed by atoms with Crippen molar-refractivity contribution in [2.24, 2.45) is 5.92 Å². The number of fused-ring (bicyclic) bond motifs is 1. The van der Waals surface area contributed by atoms with Crippen LogP contribution in [0.25, 0.3) is 0 Å². The summed E-state index contributed by atoms with van der Waals surface area (Å²) in [5.41, 5.74) is 3.28. The molecule has 27 heavy (non-hydrogen) atoms. The lowest BCUT2D eigenvalue weighted by atomic mass is 9.87. The smallest absolute Gasteiger partial charge is 0.274 e. The van der Waals surface area contributed by atoms with Crippen LogP contribution in [0, 0.1) is 5.92 Å². The van der Waals surface area contributed by atoms with Crippen molar-refractivity contribution in [1.82, 2.24) is 24.7 Å². The number of aryl methyl sites for hydroxylation is 1. The van der Waals surface area contributed by atoms with Crippen molar-refractivity contribution in [3.63, 3.8) is 0 Å². The normalized spacial score (nSPS) is 21.3. The predicted octanol–water partition coefficient (Wildman–Crippen LogP) is 1.81. The molecule has 1 N–H and O–H groups in total. The molecule has 0 unspecified atom stereocenters. The van der Waals surface area contributed by atoms with Crippen LogP contribution in [-0.4, -0.2) is 58.4 Å². The van der Waals surface area contributed by atoms with Gasteiger partial charge in [0.15, 0.2) is 19.7 Å². The van der Waals surface area contributed by atoms with E-state index < -0.39 is 9.84 Å². The zero-order valence-corrected chi connectivity index (χ0v) is 17.1. The highest BCUT2D eigenvalue weighted by molar-refractivity contribution is 7.92. The van der Waals surface area contributed by atoms with Crippen LogP contribution >= 0.6 is 11.5 Å². The molecule has 8 nitrogen and oxygen atoms in total. The van der Waals surface area contributed by atoms with E-state index in [-0.39, 0.29) is 16.0 Å². The van der Waals surface area contributed by atoms with Crippen LogP contribution in [0.5, 0.6) is 0 Å². The average Bonchev–Trinajstić information content (AvgIpc) is 3.28. The van der Waals surface area contributed by atoms with E-state index in [4.69, 9.17) is 0 Å². The first-order valence-corrected chi connectivity index (χ1v) is 11.9. The fraction of sp³-hybridized carbons (Fsp3) is 0.647. The van der Waals surface area contributed by atoms with Gasteiger partial charge < -0.3 is 4.90 Å². The Morgan fingerprint density at radius 2 is 2.00 bits per heavy atom. The van der Waals surface area contributed by atoms with Crippen molar-refractivity contribution in [2.45, 2.75) is 49.2 Å². The van der Waals surface area contributed by atoms with Crippen molar-refractivity contribution in [2.75, 3.05) is 19.3 Å². The fourth-order valence-electron chi connectivity index (χ4n) is 4.05. The molecule has 1 saturated heterocycles. The van der Waals surface area contributed by atoms with E-state index in [1.165, 1.54) is 6.26 Å². The first-order valence-electron chi connectivity index (χ1n) is 9.22. The molecule has 4 rings (SSSR count). The van der Waals surface area contributed by atoms with Crippen molar-refractivity contribution in [1.29, 1.82) is 0 Å². The number of carbonyl (C=O) groups excluding carboxylic acids is 1. The third-order valence-electron chi connectivity index (χ3n) is 5.58. The molecule has 0 saturated carbocycles. The lowest BCUT2D eigenvalue weighted by Gasteiger charge is -2.31. The fourth-order valence-corrected chi connectivity index (χ4v) is 5.78. The first-order chi connectivity index (χ1) is 12.8. The highest BCUT2D eigenvalue weighted by Gasteiger charge is 2.33. The van der Waals surface area contributed by atoms with E-state index in [0.29, 0.717) is 43.2 Å². The predicted molar refractivity (Wildman–Crippen MR) is 101 cm³/mol. The number of nitrogens with zero attached hydrogens (tertiary/aromatic N) is 4. The lowest BCUT2D eigenvalue weighted by molar-refractivity contribution is 0.0704. The molecule has 2 aromatic rings. The summed E-state index contributed by atoms with van der Waals surface area (Å²) in [5, 5.41) is 11.4. The van der Waals surface area contributed by atoms with Gasteiger partial charge in [0.25, 0.3) is 5.91 Å². The van der Waals surface area contributed by atoms with Gasteiger partial charge in [-0.3, -0.25) is 9.89 Å². The molecular formula is C17H23N5O3S2. The Kier molecular flexibility index (Phi) is 4.79. The second-order valence-corrected chi connectivity index (χ2v) is 10.6. The second kappa shape index (κ2) is 6.97. The maximum absolute atomic E-state index is 13.0.